The van der Waals surface area contributed by atoms with Crippen molar-refractivity contribution in [3.05, 3.63) is 109 Å². The number of primary amides is 1. The van der Waals surface area contributed by atoms with Gasteiger partial charge >= 0.3 is 11.9 Å². The summed E-state index contributed by atoms with van der Waals surface area (Å²) in [4.78, 5) is 53.8. The Bertz CT molecular complexity index is 1980. The molecule has 258 valence electrons. The molecule has 3 N–H and O–H groups in total. The Morgan fingerprint density at radius 2 is 1.73 bits per heavy atom. The maximum absolute atomic E-state index is 15.0. The summed E-state index contributed by atoms with van der Waals surface area (Å²) in [6.45, 7) is -0.491. The number of aromatic nitrogens is 2. The lowest BCUT2D eigenvalue weighted by Gasteiger charge is -2.28. The Morgan fingerprint density at radius 3 is 2.37 bits per heavy atom. The summed E-state index contributed by atoms with van der Waals surface area (Å²) in [5.74, 6) is -2.80. The molecule has 0 fully saturated rings. The molecule has 2 heterocycles. The summed E-state index contributed by atoms with van der Waals surface area (Å²) in [5, 5.41) is 2.91. The van der Waals surface area contributed by atoms with Gasteiger partial charge in [-0.25, -0.2) is 9.18 Å². The first kappa shape index (κ1) is 35.5. The summed E-state index contributed by atoms with van der Waals surface area (Å²) in [6.07, 6.45) is -5.58. The number of hydrogen-bond acceptors (Lipinski definition) is 6. The molecule has 3 aromatic carbocycles. The average Bonchev–Trinajstić information content (AvgIpc) is 3.35. The molecule has 1 aliphatic heterocycles. The van der Waals surface area contributed by atoms with Crippen molar-refractivity contribution in [2.75, 3.05) is 13.2 Å². The van der Waals surface area contributed by atoms with E-state index in [2.05, 4.69) is 21.2 Å². The van der Waals surface area contributed by atoms with E-state index in [0.29, 0.717) is 9.50 Å². The number of imidazole rings is 1. The van der Waals surface area contributed by atoms with E-state index < -0.39 is 48.1 Å². The molecule has 4 aromatic rings. The number of nitrogens with two attached hydrogens (primary N) is 1. The Kier molecular flexibility index (Phi) is 10.4. The van der Waals surface area contributed by atoms with Crippen LogP contribution in [0.15, 0.2) is 69.9 Å². The maximum Gasteiger partial charge on any atom is 0.422 e. The monoisotopic (exact) mass is 767 g/mol. The van der Waals surface area contributed by atoms with Gasteiger partial charge in [0.2, 0.25) is 0 Å². The third-order valence-corrected chi connectivity index (χ3v) is 8.76. The van der Waals surface area contributed by atoms with Gasteiger partial charge in [0.15, 0.2) is 12.7 Å². The van der Waals surface area contributed by atoms with Gasteiger partial charge in [0.1, 0.15) is 23.0 Å². The molecule has 3 amide bonds. The molecule has 0 aliphatic carbocycles. The molecule has 1 aliphatic rings. The first-order valence-corrected chi connectivity index (χ1v) is 15.7. The zero-order valence-corrected chi connectivity index (χ0v) is 27.9. The number of carbonyl (C=O) groups is 3. The van der Waals surface area contributed by atoms with E-state index in [0.717, 1.165) is 10.6 Å². The lowest BCUT2D eigenvalue weighted by molar-refractivity contribution is -0.153. The van der Waals surface area contributed by atoms with Gasteiger partial charge in [-0.15, -0.1) is 0 Å². The molecule has 0 saturated heterocycles. The topological polar surface area (TPSA) is 138 Å². The van der Waals surface area contributed by atoms with Crippen molar-refractivity contribution in [3.63, 3.8) is 0 Å². The molecule has 0 saturated carbocycles. The number of amides is 3. The third-order valence-electron chi connectivity index (χ3n) is 7.52. The van der Waals surface area contributed by atoms with E-state index in [4.69, 9.17) is 26.8 Å². The molecule has 0 spiro atoms. The number of alkyl halides is 3. The first-order chi connectivity index (χ1) is 23.1. The second-order valence-corrected chi connectivity index (χ2v) is 12.2. The zero-order chi connectivity index (χ0) is 35.6. The van der Waals surface area contributed by atoms with Crippen LogP contribution in [0.25, 0.3) is 5.69 Å². The standard InChI is InChI=1S/C32H27BrClF4N5O6/c1-17(28(39)44)49-22-6-2-19(25(35)13-22)14-40-29(45)27-26-15-41(30(46)18-3-9-23(33)24(34)12-18)10-11-42(26)31(47)43(27)20-4-7-21(8-5-20)48-16-32(36,37)38/h2-9,12-13,17H,10-11,14-16H2,1H3,(H2,39,44)(H,40,45)/t17-/m0/s1. The second-order valence-electron chi connectivity index (χ2n) is 10.9. The van der Waals surface area contributed by atoms with Crippen LogP contribution in [0.4, 0.5) is 17.6 Å². The fraction of sp³-hybridized carbons (Fsp3) is 0.250. The van der Waals surface area contributed by atoms with Gasteiger partial charge in [-0.1, -0.05) is 17.7 Å². The lowest BCUT2D eigenvalue weighted by atomic mass is 10.1. The molecule has 49 heavy (non-hydrogen) atoms. The minimum absolute atomic E-state index is 0.0179. The molecule has 17 heteroatoms. The van der Waals surface area contributed by atoms with Gasteiger partial charge < -0.3 is 25.4 Å². The highest BCUT2D eigenvalue weighted by Crippen LogP contribution is 2.27. The van der Waals surface area contributed by atoms with Crippen molar-refractivity contribution in [3.8, 4) is 17.2 Å². The minimum atomic E-state index is -4.57. The summed E-state index contributed by atoms with van der Waals surface area (Å²) < 4.78 is 66.0. The van der Waals surface area contributed by atoms with Crippen LogP contribution in [-0.4, -0.2) is 57.2 Å². The van der Waals surface area contributed by atoms with Crippen LogP contribution >= 0.6 is 27.5 Å². The van der Waals surface area contributed by atoms with Crippen LogP contribution in [-0.2, 0) is 24.4 Å². The highest BCUT2D eigenvalue weighted by molar-refractivity contribution is 9.10. The van der Waals surface area contributed by atoms with E-state index in [1.165, 1.54) is 58.9 Å². The van der Waals surface area contributed by atoms with E-state index >= 15 is 0 Å². The molecule has 5 rings (SSSR count). The number of benzene rings is 3. The normalized spacial score (nSPS) is 13.4. The van der Waals surface area contributed by atoms with Crippen molar-refractivity contribution < 1.29 is 41.4 Å². The molecule has 0 radical (unpaired) electrons. The van der Waals surface area contributed by atoms with E-state index in [9.17, 15) is 36.7 Å². The van der Waals surface area contributed by atoms with E-state index in [1.54, 1.807) is 12.1 Å². The van der Waals surface area contributed by atoms with Gasteiger partial charge in [0.05, 0.1) is 22.9 Å². The van der Waals surface area contributed by atoms with Gasteiger partial charge in [-0.3, -0.25) is 23.5 Å². The Balaban J connectivity index is 1.47. The Labute approximate surface area is 289 Å². The quantitative estimate of drug-likeness (QED) is 0.219. The fourth-order valence-electron chi connectivity index (χ4n) is 5.04. The van der Waals surface area contributed by atoms with Crippen LogP contribution in [0.5, 0.6) is 11.5 Å². The number of hydrogen-bond donors (Lipinski definition) is 2. The van der Waals surface area contributed by atoms with Crippen LogP contribution in [0.2, 0.25) is 5.02 Å². The minimum Gasteiger partial charge on any atom is -0.484 e. The molecule has 1 atom stereocenters. The van der Waals surface area contributed by atoms with Crippen molar-refractivity contribution in [2.45, 2.75) is 38.8 Å². The summed E-state index contributed by atoms with van der Waals surface area (Å²) in [5.41, 5.74) is 5.00. The number of rotatable bonds is 10. The van der Waals surface area contributed by atoms with Gasteiger partial charge in [-0.05, 0) is 71.4 Å². The van der Waals surface area contributed by atoms with Crippen LogP contribution in [0, 0.1) is 5.82 Å². The molecule has 1 aromatic heterocycles. The molecular weight excluding hydrogens is 742 g/mol. The van der Waals surface area contributed by atoms with Gasteiger partial charge in [0, 0.05) is 41.3 Å². The molecule has 0 unspecified atom stereocenters. The number of nitrogens with one attached hydrogen (secondary N) is 1. The largest absolute Gasteiger partial charge is 0.484 e. The number of nitrogens with zero attached hydrogens (tertiary/aromatic N) is 3. The van der Waals surface area contributed by atoms with Gasteiger partial charge in [0.25, 0.3) is 17.7 Å². The van der Waals surface area contributed by atoms with Crippen molar-refractivity contribution >= 4 is 45.3 Å². The summed E-state index contributed by atoms with van der Waals surface area (Å²) in [6, 6.07) is 13.5. The highest BCUT2D eigenvalue weighted by atomic mass is 79.9. The van der Waals surface area contributed by atoms with Crippen LogP contribution < -0.4 is 26.2 Å². The SMILES string of the molecule is C[C@H](Oc1ccc(CNC(=O)c2c3n(c(=O)n2-c2ccc(OCC(F)(F)F)cc2)CCN(C(=O)c2ccc(Br)c(Cl)c2)C3)c(F)c1)C(N)=O. The Hall–Kier alpha value is -4.83. The lowest BCUT2D eigenvalue weighted by Crippen LogP contribution is -2.41. The van der Waals surface area contributed by atoms with Crippen LogP contribution in [0.3, 0.4) is 0 Å². The Morgan fingerprint density at radius 1 is 1.04 bits per heavy atom. The average molecular weight is 769 g/mol. The maximum atomic E-state index is 15.0. The zero-order valence-electron chi connectivity index (χ0n) is 25.5. The summed E-state index contributed by atoms with van der Waals surface area (Å²) >= 11 is 9.48. The molecular formula is C32H27BrClF4N5O6. The number of fused-ring (bicyclic) bond motifs is 1. The van der Waals surface area contributed by atoms with Crippen molar-refractivity contribution in [2.24, 2.45) is 5.73 Å². The van der Waals surface area contributed by atoms with E-state index in [-0.39, 0.29) is 65.9 Å². The van der Waals surface area contributed by atoms with Crippen molar-refractivity contribution in [1.82, 2.24) is 19.4 Å². The number of halogens is 6. The number of carbonyl (C=O) groups excluding carboxylic acids is 3. The third kappa shape index (κ3) is 8.08. The first-order valence-electron chi connectivity index (χ1n) is 14.5. The number of ether oxygens (including phenoxy) is 2. The van der Waals surface area contributed by atoms with Gasteiger partial charge in [-0.2, -0.15) is 13.2 Å². The molecule has 0 bridgehead atoms. The van der Waals surface area contributed by atoms with Crippen LogP contribution in [0.1, 0.15) is 39.0 Å². The predicted octanol–water partition coefficient (Wildman–Crippen LogP) is 4.97. The fourth-order valence-corrected chi connectivity index (χ4v) is 5.47. The molecule has 11 nitrogen and oxygen atoms in total. The van der Waals surface area contributed by atoms with E-state index in [1.807, 2.05) is 0 Å². The smallest absolute Gasteiger partial charge is 0.422 e. The predicted molar refractivity (Wildman–Crippen MR) is 172 cm³/mol. The second kappa shape index (κ2) is 14.3. The summed E-state index contributed by atoms with van der Waals surface area (Å²) in [7, 11) is 0. The van der Waals surface area contributed by atoms with Crippen molar-refractivity contribution in [1.29, 1.82) is 0 Å². The highest BCUT2D eigenvalue weighted by Gasteiger charge is 2.33.